The van der Waals surface area contributed by atoms with Crippen molar-refractivity contribution in [3.05, 3.63) is 36.4 Å². The summed E-state index contributed by atoms with van der Waals surface area (Å²) in [7, 11) is 0.363. The first-order chi connectivity index (χ1) is 11.0. The van der Waals surface area contributed by atoms with Crippen LogP contribution >= 0.6 is 0 Å². The fraction of sp³-hybridized carbons (Fsp3) is 0.375. The third-order valence-electron chi connectivity index (χ3n) is 3.61. The van der Waals surface area contributed by atoms with E-state index >= 15 is 0 Å². The second-order valence-electron chi connectivity index (χ2n) is 5.53. The molecule has 2 aromatic carbocycles. The van der Waals surface area contributed by atoms with Crippen molar-refractivity contribution in [2.75, 3.05) is 32.1 Å². The van der Waals surface area contributed by atoms with Crippen molar-refractivity contribution >= 4 is 26.5 Å². The molecule has 3 N–H and O–H groups in total. The van der Waals surface area contributed by atoms with E-state index in [1.807, 2.05) is 43.3 Å². The molecule has 2 aromatic rings. The lowest BCUT2D eigenvalue weighted by Crippen LogP contribution is -2.25. The fourth-order valence-electron chi connectivity index (χ4n) is 2.35. The molecule has 6 nitrogen and oxygen atoms in total. The SMILES string of the molecule is CN(C)c1ccc2c(S(=O)(=O)NCCCCON)cccc2c1. The average molecular weight is 337 g/mol. The van der Waals surface area contributed by atoms with Gasteiger partial charge in [0.05, 0.1) is 11.5 Å². The van der Waals surface area contributed by atoms with Crippen LogP contribution in [0.3, 0.4) is 0 Å². The molecule has 0 bridgehead atoms. The number of fused-ring (bicyclic) bond motifs is 1. The van der Waals surface area contributed by atoms with Gasteiger partial charge in [-0.15, -0.1) is 0 Å². The molecule has 0 aliphatic heterocycles. The van der Waals surface area contributed by atoms with Crippen molar-refractivity contribution in [3.63, 3.8) is 0 Å². The molecular weight excluding hydrogens is 314 g/mol. The second kappa shape index (κ2) is 7.74. The van der Waals surface area contributed by atoms with Crippen molar-refractivity contribution < 1.29 is 13.3 Å². The van der Waals surface area contributed by atoms with Crippen LogP contribution in [0, 0.1) is 0 Å². The van der Waals surface area contributed by atoms with Crippen LogP contribution in [0.15, 0.2) is 41.3 Å². The number of nitrogens with zero attached hydrogens (tertiary/aromatic N) is 1. The molecule has 0 saturated carbocycles. The van der Waals surface area contributed by atoms with E-state index in [1.54, 1.807) is 12.1 Å². The molecule has 0 radical (unpaired) electrons. The van der Waals surface area contributed by atoms with Crippen molar-refractivity contribution in [3.8, 4) is 0 Å². The van der Waals surface area contributed by atoms with Crippen molar-refractivity contribution in [2.45, 2.75) is 17.7 Å². The van der Waals surface area contributed by atoms with E-state index in [-0.39, 0.29) is 0 Å². The maximum absolute atomic E-state index is 12.5. The first-order valence-corrected chi connectivity index (χ1v) is 8.95. The lowest BCUT2D eigenvalue weighted by Gasteiger charge is -2.14. The average Bonchev–Trinajstić information content (AvgIpc) is 2.53. The van der Waals surface area contributed by atoms with E-state index in [2.05, 4.69) is 9.56 Å². The molecule has 7 heteroatoms. The number of nitrogens with one attached hydrogen (secondary N) is 1. The highest BCUT2D eigenvalue weighted by Crippen LogP contribution is 2.26. The Kier molecular flexibility index (Phi) is 5.95. The van der Waals surface area contributed by atoms with E-state index in [1.165, 1.54) is 0 Å². The predicted octanol–water partition coefficient (Wildman–Crippen LogP) is 1.85. The number of hydrogen-bond acceptors (Lipinski definition) is 5. The third kappa shape index (κ3) is 4.42. The van der Waals surface area contributed by atoms with Gasteiger partial charge in [0, 0.05) is 31.7 Å². The summed E-state index contributed by atoms with van der Waals surface area (Å²) in [5.41, 5.74) is 1.03. The van der Waals surface area contributed by atoms with Gasteiger partial charge >= 0.3 is 0 Å². The van der Waals surface area contributed by atoms with Gasteiger partial charge in [-0.2, -0.15) is 0 Å². The Morgan fingerprint density at radius 2 is 1.96 bits per heavy atom. The Bertz CT molecular complexity index is 760. The topological polar surface area (TPSA) is 84.7 Å². The van der Waals surface area contributed by atoms with E-state index < -0.39 is 10.0 Å². The first-order valence-electron chi connectivity index (χ1n) is 7.47. The molecule has 23 heavy (non-hydrogen) atoms. The van der Waals surface area contributed by atoms with Gasteiger partial charge in [0.25, 0.3) is 0 Å². The lowest BCUT2D eigenvalue weighted by molar-refractivity contribution is 0.134. The summed E-state index contributed by atoms with van der Waals surface area (Å²) in [4.78, 5) is 6.75. The molecule has 0 aliphatic rings. The smallest absolute Gasteiger partial charge is 0.241 e. The van der Waals surface area contributed by atoms with Gasteiger partial charge in [-0.1, -0.05) is 18.2 Å². The van der Waals surface area contributed by atoms with Crippen molar-refractivity contribution in [1.29, 1.82) is 0 Å². The van der Waals surface area contributed by atoms with Crippen LogP contribution < -0.4 is 15.5 Å². The predicted molar refractivity (Wildman–Crippen MR) is 92.8 cm³/mol. The number of anilines is 1. The molecule has 0 heterocycles. The molecule has 0 spiro atoms. The van der Waals surface area contributed by atoms with Gasteiger partial charge in [0.15, 0.2) is 0 Å². The summed E-state index contributed by atoms with van der Waals surface area (Å²) in [6.45, 7) is 0.779. The van der Waals surface area contributed by atoms with Crippen LogP contribution in [-0.4, -0.2) is 35.7 Å². The largest absolute Gasteiger partial charge is 0.378 e. The van der Waals surface area contributed by atoms with Gasteiger partial charge in [-0.25, -0.2) is 19.0 Å². The maximum Gasteiger partial charge on any atom is 0.241 e. The molecular formula is C16H23N3O3S. The summed E-state index contributed by atoms with van der Waals surface area (Å²) in [6.07, 6.45) is 1.38. The monoisotopic (exact) mass is 337 g/mol. The van der Waals surface area contributed by atoms with Gasteiger partial charge in [-0.3, -0.25) is 0 Å². The molecule has 126 valence electrons. The molecule has 0 aromatic heterocycles. The highest BCUT2D eigenvalue weighted by atomic mass is 32.2. The Hall–Kier alpha value is -1.67. The van der Waals surface area contributed by atoms with E-state index in [0.29, 0.717) is 30.9 Å². The van der Waals surface area contributed by atoms with Gasteiger partial charge in [0.2, 0.25) is 10.0 Å². The highest BCUT2D eigenvalue weighted by Gasteiger charge is 2.16. The van der Waals surface area contributed by atoms with E-state index in [4.69, 9.17) is 5.90 Å². The summed E-state index contributed by atoms with van der Waals surface area (Å²) >= 11 is 0. The summed E-state index contributed by atoms with van der Waals surface area (Å²) < 4.78 is 27.7. The van der Waals surface area contributed by atoms with Gasteiger partial charge in [-0.05, 0) is 36.4 Å². The number of sulfonamides is 1. The van der Waals surface area contributed by atoms with Crippen LogP contribution in [-0.2, 0) is 14.9 Å². The minimum absolute atomic E-state index is 0.301. The highest BCUT2D eigenvalue weighted by molar-refractivity contribution is 7.89. The maximum atomic E-state index is 12.5. The zero-order chi connectivity index (χ0) is 16.9. The number of unbranched alkanes of at least 4 members (excludes halogenated alkanes) is 1. The molecule has 0 atom stereocenters. The Morgan fingerprint density at radius 1 is 1.17 bits per heavy atom. The van der Waals surface area contributed by atoms with Gasteiger partial charge in [0.1, 0.15) is 0 Å². The molecule has 2 rings (SSSR count). The summed E-state index contributed by atoms with van der Waals surface area (Å²) in [6, 6.07) is 11.1. The second-order valence-corrected chi connectivity index (χ2v) is 7.27. The van der Waals surface area contributed by atoms with Crippen molar-refractivity contribution in [1.82, 2.24) is 4.72 Å². The Labute approximate surface area is 137 Å². The van der Waals surface area contributed by atoms with Crippen LogP contribution in [0.5, 0.6) is 0 Å². The Balaban J connectivity index is 2.24. The minimum atomic E-state index is -3.54. The Morgan fingerprint density at radius 3 is 2.65 bits per heavy atom. The van der Waals surface area contributed by atoms with Crippen LogP contribution in [0.2, 0.25) is 0 Å². The van der Waals surface area contributed by atoms with Crippen LogP contribution in [0.1, 0.15) is 12.8 Å². The normalized spacial score (nSPS) is 11.8. The lowest BCUT2D eigenvalue weighted by atomic mass is 10.1. The zero-order valence-corrected chi connectivity index (χ0v) is 14.3. The summed E-state index contributed by atoms with van der Waals surface area (Å²) in [5, 5.41) is 1.62. The molecule has 0 aliphatic carbocycles. The quantitative estimate of drug-likeness (QED) is 0.567. The molecule has 0 amide bonds. The number of nitrogens with two attached hydrogens (primary N) is 1. The van der Waals surface area contributed by atoms with Crippen molar-refractivity contribution in [2.24, 2.45) is 5.90 Å². The summed E-state index contributed by atoms with van der Waals surface area (Å²) in [5.74, 6) is 4.94. The fourth-order valence-corrected chi connectivity index (χ4v) is 3.65. The standard InChI is InChI=1S/C16H23N3O3S/c1-19(2)14-8-9-15-13(12-14)6-5-7-16(15)23(20,21)18-10-3-4-11-22-17/h5-9,12,18H,3-4,10-11,17H2,1-2H3. The zero-order valence-electron chi connectivity index (χ0n) is 13.5. The first kappa shape index (κ1) is 17.7. The van der Waals surface area contributed by atoms with Crippen LogP contribution in [0.4, 0.5) is 5.69 Å². The third-order valence-corrected chi connectivity index (χ3v) is 5.13. The molecule has 0 saturated heterocycles. The number of rotatable bonds is 8. The van der Waals surface area contributed by atoms with Crippen LogP contribution in [0.25, 0.3) is 10.8 Å². The molecule has 0 unspecified atom stereocenters. The van der Waals surface area contributed by atoms with Gasteiger partial charge < -0.3 is 9.74 Å². The van der Waals surface area contributed by atoms with E-state index in [0.717, 1.165) is 16.5 Å². The van der Waals surface area contributed by atoms with E-state index in [9.17, 15) is 8.42 Å². The number of hydrogen-bond donors (Lipinski definition) is 2. The number of benzene rings is 2. The molecule has 0 fully saturated rings. The minimum Gasteiger partial charge on any atom is -0.378 e.